The molecule has 0 N–H and O–H groups in total. The van der Waals surface area contributed by atoms with Gasteiger partial charge in [-0.05, 0) is 51.0 Å². The number of imide groups is 1. The zero-order valence-corrected chi connectivity index (χ0v) is 15.3. The third kappa shape index (κ3) is 3.08. The van der Waals surface area contributed by atoms with Crippen molar-refractivity contribution in [2.45, 2.75) is 0 Å². The van der Waals surface area contributed by atoms with Crippen LogP contribution in [0.25, 0.3) is 27.6 Å². The molecule has 0 saturated carbocycles. The van der Waals surface area contributed by atoms with Crippen LogP contribution in [-0.4, -0.2) is 35.7 Å². The number of carbonyl (C=O) groups excluding carboxylic acids is 3. The molecule has 27 heavy (non-hydrogen) atoms. The molecule has 0 radical (unpaired) electrons. The first-order valence-electron chi connectivity index (χ1n) is 8.31. The predicted octanol–water partition coefficient (Wildman–Crippen LogP) is 4.20. The van der Waals surface area contributed by atoms with Crippen molar-refractivity contribution >= 4 is 56.5 Å². The van der Waals surface area contributed by atoms with Gasteiger partial charge < -0.3 is 4.74 Å². The number of esters is 1. The molecule has 3 aromatic rings. The van der Waals surface area contributed by atoms with E-state index in [1.807, 2.05) is 48.5 Å². The third-order valence-corrected chi connectivity index (χ3v) is 5.38. The molecular weight excluding hydrogens is 362 g/mol. The summed E-state index contributed by atoms with van der Waals surface area (Å²) < 4.78 is 4.56. The van der Waals surface area contributed by atoms with Crippen LogP contribution in [0.2, 0.25) is 0 Å². The summed E-state index contributed by atoms with van der Waals surface area (Å²) in [6.45, 7) is -0.380. The summed E-state index contributed by atoms with van der Waals surface area (Å²) in [5, 5.41) is 3.63. The molecule has 1 saturated heterocycles. The lowest BCUT2D eigenvalue weighted by Gasteiger charge is -2.10. The summed E-state index contributed by atoms with van der Waals surface area (Å²) in [7, 11) is 1.22. The van der Waals surface area contributed by atoms with Gasteiger partial charge in [-0.2, -0.15) is 0 Å². The van der Waals surface area contributed by atoms with E-state index in [2.05, 4.69) is 10.8 Å². The minimum Gasteiger partial charge on any atom is -0.468 e. The largest absolute Gasteiger partial charge is 0.468 e. The van der Waals surface area contributed by atoms with Crippen LogP contribution in [0, 0.1) is 0 Å². The van der Waals surface area contributed by atoms with Gasteiger partial charge in [0.15, 0.2) is 0 Å². The zero-order valence-electron chi connectivity index (χ0n) is 14.5. The quantitative estimate of drug-likeness (QED) is 0.389. The van der Waals surface area contributed by atoms with E-state index in [9.17, 15) is 14.4 Å². The molecule has 0 atom stereocenters. The van der Waals surface area contributed by atoms with E-state index in [4.69, 9.17) is 0 Å². The lowest BCUT2D eigenvalue weighted by atomic mass is 9.96. The number of fused-ring (bicyclic) bond motifs is 2. The third-order valence-electron chi connectivity index (χ3n) is 4.48. The Hall–Kier alpha value is -3.12. The molecule has 0 spiro atoms. The first-order valence-corrected chi connectivity index (χ1v) is 9.13. The number of hydrogen-bond acceptors (Lipinski definition) is 5. The molecule has 1 aliphatic heterocycles. The van der Waals surface area contributed by atoms with Gasteiger partial charge in [0.2, 0.25) is 0 Å². The molecule has 1 aliphatic rings. The molecule has 6 heteroatoms. The molecule has 0 unspecified atom stereocenters. The highest BCUT2D eigenvalue weighted by Gasteiger charge is 2.36. The van der Waals surface area contributed by atoms with Gasteiger partial charge in [0, 0.05) is 0 Å². The first-order chi connectivity index (χ1) is 13.1. The second kappa shape index (κ2) is 6.89. The van der Waals surface area contributed by atoms with E-state index in [0.29, 0.717) is 4.91 Å². The summed E-state index contributed by atoms with van der Waals surface area (Å²) in [4.78, 5) is 37.5. The molecular formula is C21H15NO4S. The van der Waals surface area contributed by atoms with E-state index in [1.54, 1.807) is 6.08 Å². The SMILES string of the molecule is COC(=O)CN1C(=O)S/C(=C\c2c3ccccc3cc3ccccc23)C1=O. The number of rotatable bonds is 3. The fourth-order valence-electron chi connectivity index (χ4n) is 3.17. The number of amides is 2. The van der Waals surface area contributed by atoms with Crippen molar-refractivity contribution in [3.8, 4) is 0 Å². The van der Waals surface area contributed by atoms with Crippen LogP contribution in [0.4, 0.5) is 4.79 Å². The monoisotopic (exact) mass is 377 g/mol. The molecule has 5 nitrogen and oxygen atoms in total. The van der Waals surface area contributed by atoms with Crippen molar-refractivity contribution in [1.29, 1.82) is 0 Å². The fraction of sp³-hybridized carbons (Fsp3) is 0.0952. The summed E-state index contributed by atoms with van der Waals surface area (Å²) in [5.41, 5.74) is 0.882. The molecule has 1 fully saturated rings. The van der Waals surface area contributed by atoms with Crippen LogP contribution >= 0.6 is 11.8 Å². The number of hydrogen-bond donors (Lipinski definition) is 0. The van der Waals surface area contributed by atoms with Crippen LogP contribution in [0.5, 0.6) is 0 Å². The van der Waals surface area contributed by atoms with Crippen LogP contribution in [0.15, 0.2) is 59.5 Å². The van der Waals surface area contributed by atoms with E-state index in [0.717, 1.165) is 43.8 Å². The Bertz CT molecular complexity index is 1080. The fourth-order valence-corrected chi connectivity index (χ4v) is 3.99. The van der Waals surface area contributed by atoms with Crippen molar-refractivity contribution in [3.05, 3.63) is 65.1 Å². The Balaban J connectivity index is 1.86. The van der Waals surface area contributed by atoms with E-state index < -0.39 is 17.1 Å². The number of carbonyl (C=O) groups is 3. The van der Waals surface area contributed by atoms with Gasteiger partial charge in [0.25, 0.3) is 11.1 Å². The maximum atomic E-state index is 12.7. The Morgan fingerprint density at radius 1 is 1.04 bits per heavy atom. The summed E-state index contributed by atoms with van der Waals surface area (Å²) in [5.74, 6) is -1.11. The maximum Gasteiger partial charge on any atom is 0.325 e. The normalized spacial score (nSPS) is 15.9. The Morgan fingerprint density at radius 3 is 2.22 bits per heavy atom. The summed E-state index contributed by atoms with van der Waals surface area (Å²) in [6.07, 6.45) is 1.74. The van der Waals surface area contributed by atoms with Crippen LogP contribution in [0.3, 0.4) is 0 Å². The molecule has 2 amide bonds. The summed E-state index contributed by atoms with van der Waals surface area (Å²) in [6, 6.07) is 17.9. The van der Waals surface area contributed by atoms with Crippen molar-refractivity contribution in [2.75, 3.05) is 13.7 Å². The molecule has 4 rings (SSSR count). The van der Waals surface area contributed by atoms with Gasteiger partial charge >= 0.3 is 5.97 Å². The van der Waals surface area contributed by atoms with Crippen molar-refractivity contribution in [3.63, 3.8) is 0 Å². The standard InChI is InChI=1S/C21H15NO4S/c1-26-19(23)12-22-20(24)18(27-21(22)25)11-17-15-8-4-2-6-13(15)10-14-7-3-5-9-16(14)17/h2-11H,12H2,1H3/b18-11-. The van der Waals surface area contributed by atoms with Gasteiger partial charge in [-0.1, -0.05) is 48.5 Å². The minimum atomic E-state index is -0.630. The van der Waals surface area contributed by atoms with Crippen LogP contribution in [0.1, 0.15) is 5.56 Å². The van der Waals surface area contributed by atoms with Gasteiger partial charge in [-0.15, -0.1) is 0 Å². The van der Waals surface area contributed by atoms with Crippen molar-refractivity contribution in [2.24, 2.45) is 0 Å². The van der Waals surface area contributed by atoms with Gasteiger partial charge in [-0.3, -0.25) is 19.3 Å². The Labute approximate surface area is 159 Å². The second-order valence-corrected chi connectivity index (χ2v) is 7.07. The lowest BCUT2D eigenvalue weighted by molar-refractivity contribution is -0.143. The molecule has 3 aromatic carbocycles. The lowest BCUT2D eigenvalue weighted by Crippen LogP contribution is -2.34. The summed E-state index contributed by atoms with van der Waals surface area (Å²) >= 11 is 0.837. The smallest absolute Gasteiger partial charge is 0.325 e. The molecule has 0 bridgehead atoms. The van der Waals surface area contributed by atoms with Crippen LogP contribution < -0.4 is 0 Å². The number of nitrogens with zero attached hydrogens (tertiary/aromatic N) is 1. The van der Waals surface area contributed by atoms with E-state index in [1.165, 1.54) is 7.11 Å². The maximum absolute atomic E-state index is 12.7. The van der Waals surface area contributed by atoms with Gasteiger partial charge in [-0.25, -0.2) is 0 Å². The average molecular weight is 377 g/mol. The van der Waals surface area contributed by atoms with Crippen molar-refractivity contribution < 1.29 is 19.1 Å². The highest BCUT2D eigenvalue weighted by atomic mass is 32.2. The second-order valence-electron chi connectivity index (χ2n) is 6.08. The van der Waals surface area contributed by atoms with Gasteiger partial charge in [0.1, 0.15) is 6.54 Å². The zero-order chi connectivity index (χ0) is 19.0. The molecule has 134 valence electrons. The minimum absolute atomic E-state index is 0.297. The number of thioether (sulfide) groups is 1. The highest BCUT2D eigenvalue weighted by molar-refractivity contribution is 8.18. The molecule has 0 aliphatic carbocycles. The number of methoxy groups -OCH3 is 1. The van der Waals surface area contributed by atoms with Crippen molar-refractivity contribution in [1.82, 2.24) is 4.90 Å². The first kappa shape index (κ1) is 17.3. The molecule has 0 aromatic heterocycles. The number of ether oxygens (including phenoxy) is 1. The van der Waals surface area contributed by atoms with E-state index >= 15 is 0 Å². The Morgan fingerprint density at radius 2 is 1.63 bits per heavy atom. The predicted molar refractivity (Wildman–Crippen MR) is 106 cm³/mol. The Kier molecular flexibility index (Phi) is 4.41. The van der Waals surface area contributed by atoms with Gasteiger partial charge in [0.05, 0.1) is 12.0 Å². The topological polar surface area (TPSA) is 63.7 Å². The van der Waals surface area contributed by atoms with Crippen LogP contribution in [-0.2, 0) is 14.3 Å². The average Bonchev–Trinajstić information content (AvgIpc) is 2.95. The highest BCUT2D eigenvalue weighted by Crippen LogP contribution is 2.36. The number of benzene rings is 3. The molecule has 1 heterocycles. The van der Waals surface area contributed by atoms with E-state index in [-0.39, 0.29) is 6.54 Å².